The SMILES string of the molecule is CNc1nc(Nc2cnn(C3CC(n4ncnc4C)C3)c2C)ncc1C(F)(F)F. The molecule has 154 valence electrons. The van der Waals surface area contributed by atoms with Crippen LogP contribution in [0, 0.1) is 13.8 Å². The van der Waals surface area contributed by atoms with E-state index in [1.807, 2.05) is 23.2 Å². The monoisotopic (exact) mass is 407 g/mol. The van der Waals surface area contributed by atoms with Crippen LogP contribution in [0.15, 0.2) is 18.7 Å². The molecule has 29 heavy (non-hydrogen) atoms. The molecule has 0 amide bonds. The summed E-state index contributed by atoms with van der Waals surface area (Å²) in [5.41, 5.74) is 0.590. The van der Waals surface area contributed by atoms with Crippen LogP contribution < -0.4 is 10.6 Å². The predicted molar refractivity (Wildman–Crippen MR) is 98.9 cm³/mol. The first kappa shape index (κ1) is 19.2. The molecule has 0 spiro atoms. The van der Waals surface area contributed by atoms with Gasteiger partial charge < -0.3 is 10.6 Å². The molecule has 0 aliphatic heterocycles. The highest BCUT2D eigenvalue weighted by Gasteiger charge is 2.36. The van der Waals surface area contributed by atoms with Gasteiger partial charge in [0.1, 0.15) is 23.5 Å². The van der Waals surface area contributed by atoms with Crippen molar-refractivity contribution in [2.75, 3.05) is 17.7 Å². The van der Waals surface area contributed by atoms with Crippen molar-refractivity contribution in [1.29, 1.82) is 0 Å². The zero-order chi connectivity index (χ0) is 20.8. The third kappa shape index (κ3) is 3.49. The maximum absolute atomic E-state index is 13.0. The van der Waals surface area contributed by atoms with Gasteiger partial charge in [-0.15, -0.1) is 0 Å². The Labute approximate surface area is 164 Å². The van der Waals surface area contributed by atoms with Crippen LogP contribution in [-0.4, -0.2) is 41.6 Å². The van der Waals surface area contributed by atoms with E-state index < -0.39 is 11.7 Å². The zero-order valence-corrected chi connectivity index (χ0v) is 16.1. The van der Waals surface area contributed by atoms with Gasteiger partial charge in [0, 0.05) is 13.2 Å². The van der Waals surface area contributed by atoms with E-state index in [9.17, 15) is 13.2 Å². The van der Waals surface area contributed by atoms with Gasteiger partial charge in [0.15, 0.2) is 0 Å². The quantitative estimate of drug-likeness (QED) is 0.670. The van der Waals surface area contributed by atoms with Gasteiger partial charge in [-0.25, -0.2) is 14.6 Å². The average Bonchev–Trinajstić information content (AvgIpc) is 3.20. The first-order valence-electron chi connectivity index (χ1n) is 9.07. The molecule has 9 nitrogen and oxygen atoms in total. The Bertz CT molecular complexity index is 1020. The Balaban J connectivity index is 1.48. The first-order chi connectivity index (χ1) is 13.8. The number of anilines is 3. The molecule has 3 heterocycles. The maximum Gasteiger partial charge on any atom is 0.421 e. The highest BCUT2D eigenvalue weighted by Crippen LogP contribution is 2.42. The van der Waals surface area contributed by atoms with Crippen molar-refractivity contribution in [2.45, 2.75) is 44.9 Å². The van der Waals surface area contributed by atoms with E-state index in [0.717, 1.165) is 30.6 Å². The van der Waals surface area contributed by atoms with Gasteiger partial charge in [-0.2, -0.15) is 28.4 Å². The molecule has 1 saturated carbocycles. The second-order valence-corrected chi connectivity index (χ2v) is 6.95. The lowest BCUT2D eigenvalue weighted by Gasteiger charge is -2.36. The molecule has 0 radical (unpaired) electrons. The number of alkyl halides is 3. The summed E-state index contributed by atoms with van der Waals surface area (Å²) in [6.45, 7) is 3.82. The fourth-order valence-corrected chi connectivity index (χ4v) is 3.50. The number of nitrogens with one attached hydrogen (secondary N) is 2. The van der Waals surface area contributed by atoms with Crippen LogP contribution in [0.2, 0.25) is 0 Å². The molecule has 4 rings (SSSR count). The summed E-state index contributed by atoms with van der Waals surface area (Å²) < 4.78 is 42.8. The molecular formula is C17H20F3N9. The van der Waals surface area contributed by atoms with Crippen LogP contribution in [0.25, 0.3) is 0 Å². The van der Waals surface area contributed by atoms with Gasteiger partial charge in [0.2, 0.25) is 5.95 Å². The van der Waals surface area contributed by atoms with Crippen LogP contribution in [0.3, 0.4) is 0 Å². The molecule has 0 saturated heterocycles. The van der Waals surface area contributed by atoms with Gasteiger partial charge in [-0.1, -0.05) is 0 Å². The van der Waals surface area contributed by atoms with Crippen molar-refractivity contribution in [3.8, 4) is 0 Å². The summed E-state index contributed by atoms with van der Waals surface area (Å²) in [4.78, 5) is 11.9. The van der Waals surface area contributed by atoms with Crippen LogP contribution >= 0.6 is 0 Å². The van der Waals surface area contributed by atoms with Gasteiger partial charge in [0.25, 0.3) is 0 Å². The number of nitrogens with zero attached hydrogens (tertiary/aromatic N) is 7. The van der Waals surface area contributed by atoms with Gasteiger partial charge in [-0.05, 0) is 26.7 Å². The highest BCUT2D eigenvalue weighted by atomic mass is 19.4. The minimum absolute atomic E-state index is 0.0646. The van der Waals surface area contributed by atoms with E-state index in [2.05, 4.69) is 35.8 Å². The number of hydrogen-bond acceptors (Lipinski definition) is 7. The van der Waals surface area contributed by atoms with Crippen molar-refractivity contribution in [2.24, 2.45) is 0 Å². The summed E-state index contributed by atoms with van der Waals surface area (Å²) >= 11 is 0. The highest BCUT2D eigenvalue weighted by molar-refractivity contribution is 5.58. The normalized spacial score (nSPS) is 19.1. The minimum Gasteiger partial charge on any atom is -0.372 e. The topological polar surface area (TPSA) is 98.4 Å². The Morgan fingerprint density at radius 1 is 1.03 bits per heavy atom. The fraction of sp³-hybridized carbons (Fsp3) is 0.471. The van der Waals surface area contributed by atoms with E-state index in [4.69, 9.17) is 0 Å². The van der Waals surface area contributed by atoms with Crippen molar-refractivity contribution in [3.63, 3.8) is 0 Å². The average molecular weight is 407 g/mol. The van der Waals surface area contributed by atoms with Crippen LogP contribution in [-0.2, 0) is 6.18 Å². The van der Waals surface area contributed by atoms with Crippen molar-refractivity contribution >= 4 is 17.5 Å². The van der Waals surface area contributed by atoms with Gasteiger partial charge >= 0.3 is 6.18 Å². The molecule has 1 fully saturated rings. The molecule has 2 N–H and O–H groups in total. The Morgan fingerprint density at radius 2 is 1.76 bits per heavy atom. The van der Waals surface area contributed by atoms with E-state index in [0.29, 0.717) is 11.7 Å². The van der Waals surface area contributed by atoms with Crippen LogP contribution in [0.5, 0.6) is 0 Å². The molecule has 1 aliphatic rings. The van der Waals surface area contributed by atoms with E-state index >= 15 is 0 Å². The van der Waals surface area contributed by atoms with Crippen molar-refractivity contribution in [3.05, 3.63) is 35.8 Å². The lowest BCUT2D eigenvalue weighted by Crippen LogP contribution is -2.31. The number of rotatable bonds is 5. The Kier molecular flexibility index (Phi) is 4.63. The fourth-order valence-electron chi connectivity index (χ4n) is 3.50. The summed E-state index contributed by atoms with van der Waals surface area (Å²) in [7, 11) is 1.38. The summed E-state index contributed by atoms with van der Waals surface area (Å²) in [6, 6.07) is 0.513. The van der Waals surface area contributed by atoms with E-state index in [-0.39, 0.29) is 17.8 Å². The third-order valence-electron chi connectivity index (χ3n) is 5.15. The second-order valence-electron chi connectivity index (χ2n) is 6.95. The molecule has 0 bridgehead atoms. The lowest BCUT2D eigenvalue weighted by atomic mass is 9.86. The smallest absolute Gasteiger partial charge is 0.372 e. The molecule has 3 aromatic rings. The third-order valence-corrected chi connectivity index (χ3v) is 5.15. The molecule has 3 aromatic heterocycles. The minimum atomic E-state index is -4.53. The number of halogens is 3. The largest absolute Gasteiger partial charge is 0.421 e. The molecule has 0 atom stereocenters. The number of hydrogen-bond donors (Lipinski definition) is 2. The summed E-state index contributed by atoms with van der Waals surface area (Å²) in [6.07, 6.45) is 1.18. The van der Waals surface area contributed by atoms with Crippen molar-refractivity contribution < 1.29 is 13.2 Å². The zero-order valence-electron chi connectivity index (χ0n) is 16.1. The maximum atomic E-state index is 13.0. The molecule has 0 unspecified atom stereocenters. The Hall–Kier alpha value is -3.18. The van der Waals surface area contributed by atoms with Gasteiger partial charge in [0.05, 0.1) is 29.7 Å². The van der Waals surface area contributed by atoms with E-state index in [1.165, 1.54) is 7.05 Å². The van der Waals surface area contributed by atoms with Crippen LogP contribution in [0.4, 0.5) is 30.6 Å². The Morgan fingerprint density at radius 3 is 2.38 bits per heavy atom. The number of aryl methyl sites for hydroxylation is 1. The van der Waals surface area contributed by atoms with Crippen LogP contribution in [0.1, 0.15) is 42.0 Å². The molecule has 1 aliphatic carbocycles. The van der Waals surface area contributed by atoms with Gasteiger partial charge in [-0.3, -0.25) is 4.68 Å². The molecular weight excluding hydrogens is 387 g/mol. The second kappa shape index (κ2) is 7.01. The summed E-state index contributed by atoms with van der Waals surface area (Å²) in [5, 5.41) is 14.1. The van der Waals surface area contributed by atoms with E-state index in [1.54, 1.807) is 12.5 Å². The predicted octanol–water partition coefficient (Wildman–Crippen LogP) is 3.26. The summed E-state index contributed by atoms with van der Waals surface area (Å²) in [5.74, 6) is 0.660. The first-order valence-corrected chi connectivity index (χ1v) is 9.07. The van der Waals surface area contributed by atoms with Crippen molar-refractivity contribution in [1.82, 2.24) is 34.5 Å². The lowest BCUT2D eigenvalue weighted by molar-refractivity contribution is -0.137. The number of aromatic nitrogens is 7. The standard InChI is InChI=1S/C17H20F3N9/c1-9-14(26-16-22-6-13(17(18,19)20)15(21-3)27-16)7-24-28(9)11-4-12(5-11)29-10(2)23-8-25-29/h6-8,11-12H,4-5H2,1-3H3,(H2,21,22,26,27). The molecule has 12 heteroatoms. The molecule has 0 aromatic carbocycles.